The van der Waals surface area contributed by atoms with Crippen molar-refractivity contribution in [2.45, 2.75) is 59.1 Å². The highest BCUT2D eigenvalue weighted by Gasteiger charge is 2.33. The summed E-state index contributed by atoms with van der Waals surface area (Å²) < 4.78 is 44.0. The SMILES string of the molecule is CC(C)c1ccccc1-n1c(=O)nc(N2CCN(C(=O)OC(C)(C)C)C[C@@H]2C)c2cc(F)c(-c3c(F)ccc4ccoc34)nc21. The monoisotopic (exact) mass is 615 g/mol. The molecule has 11 heteroatoms. The molecule has 1 aliphatic heterocycles. The van der Waals surface area contributed by atoms with Crippen molar-refractivity contribution in [3.63, 3.8) is 0 Å². The van der Waals surface area contributed by atoms with E-state index in [1.165, 1.54) is 23.0 Å². The lowest BCUT2D eigenvalue weighted by molar-refractivity contribution is 0.0218. The van der Waals surface area contributed by atoms with Gasteiger partial charge < -0.3 is 19.0 Å². The van der Waals surface area contributed by atoms with Crippen LogP contribution in [-0.4, -0.2) is 56.8 Å². The van der Waals surface area contributed by atoms with Gasteiger partial charge in [-0.25, -0.2) is 27.9 Å². The summed E-state index contributed by atoms with van der Waals surface area (Å²) >= 11 is 0. The van der Waals surface area contributed by atoms with Crippen molar-refractivity contribution in [2.24, 2.45) is 0 Å². The summed E-state index contributed by atoms with van der Waals surface area (Å²) in [6, 6.07) is 12.8. The second-order valence-electron chi connectivity index (χ2n) is 12.7. The van der Waals surface area contributed by atoms with E-state index in [1.807, 2.05) is 37.8 Å². The van der Waals surface area contributed by atoms with Gasteiger partial charge in [0.05, 0.1) is 22.9 Å². The number of aromatic nitrogens is 3. The minimum atomic E-state index is -0.796. The van der Waals surface area contributed by atoms with Crippen molar-refractivity contribution in [3.8, 4) is 16.9 Å². The molecule has 6 rings (SSSR count). The first-order valence-electron chi connectivity index (χ1n) is 15.0. The first kappa shape index (κ1) is 30.2. The molecule has 1 atom stereocenters. The minimum Gasteiger partial charge on any atom is -0.464 e. The van der Waals surface area contributed by atoms with Crippen LogP contribution in [0, 0.1) is 11.6 Å². The van der Waals surface area contributed by atoms with E-state index in [0.29, 0.717) is 30.7 Å². The molecule has 1 amide bonds. The molecule has 1 aliphatic rings. The number of fused-ring (bicyclic) bond motifs is 2. The number of piperazine rings is 1. The minimum absolute atomic E-state index is 0.0398. The van der Waals surface area contributed by atoms with Gasteiger partial charge in [0.2, 0.25) is 0 Å². The number of nitrogens with zero attached hydrogens (tertiary/aromatic N) is 5. The normalized spacial score (nSPS) is 15.8. The standard InChI is InChI=1S/C34H35F2N5O4/c1-19(2)22-9-7-8-10-26(22)41-31-23(17-25(36)28(37-31)27-24(35)12-11-21-13-16-44-29(21)27)30(38-32(41)42)40-15-14-39(18-20(40)3)33(43)45-34(4,5)6/h7-13,16-17,19-20H,14-15,18H2,1-6H3/t20-/m0/s1. The number of amides is 1. The van der Waals surface area contributed by atoms with Crippen LogP contribution in [0.2, 0.25) is 0 Å². The Labute approximate surface area is 259 Å². The lowest BCUT2D eigenvalue weighted by Crippen LogP contribution is -2.55. The fourth-order valence-electron chi connectivity index (χ4n) is 5.89. The van der Waals surface area contributed by atoms with Crippen molar-refractivity contribution < 1.29 is 22.7 Å². The van der Waals surface area contributed by atoms with Gasteiger partial charge in [0.25, 0.3) is 0 Å². The molecule has 0 unspecified atom stereocenters. The second-order valence-corrected chi connectivity index (χ2v) is 12.7. The molecular formula is C34H35F2N5O4. The van der Waals surface area contributed by atoms with E-state index >= 15 is 8.78 Å². The van der Waals surface area contributed by atoms with Crippen molar-refractivity contribution in [3.05, 3.63) is 82.5 Å². The number of anilines is 1. The number of furan rings is 1. The quantitative estimate of drug-likeness (QED) is 0.214. The molecule has 234 valence electrons. The molecule has 0 spiro atoms. The zero-order chi connectivity index (χ0) is 32.2. The van der Waals surface area contributed by atoms with Crippen LogP contribution in [0.5, 0.6) is 0 Å². The third kappa shape index (κ3) is 5.51. The van der Waals surface area contributed by atoms with Crippen LogP contribution >= 0.6 is 0 Å². The Bertz CT molecular complexity index is 2000. The molecule has 3 aromatic heterocycles. The number of carbonyl (C=O) groups is 1. The summed E-state index contributed by atoms with van der Waals surface area (Å²) in [5.74, 6) is -1.23. The van der Waals surface area contributed by atoms with Crippen LogP contribution in [0.25, 0.3) is 38.9 Å². The average Bonchev–Trinajstić information content (AvgIpc) is 3.45. The van der Waals surface area contributed by atoms with Crippen molar-refractivity contribution in [1.29, 1.82) is 0 Å². The highest BCUT2D eigenvalue weighted by atomic mass is 19.1. The molecule has 5 aromatic rings. The number of rotatable bonds is 4. The van der Waals surface area contributed by atoms with Crippen LogP contribution in [-0.2, 0) is 4.74 Å². The summed E-state index contributed by atoms with van der Waals surface area (Å²) in [6.07, 6.45) is 0.973. The van der Waals surface area contributed by atoms with E-state index < -0.39 is 29.0 Å². The Morgan fingerprint density at radius 3 is 2.51 bits per heavy atom. The largest absolute Gasteiger partial charge is 0.464 e. The lowest BCUT2D eigenvalue weighted by Gasteiger charge is -2.41. The Balaban J connectivity index is 1.56. The van der Waals surface area contributed by atoms with E-state index in [0.717, 1.165) is 5.56 Å². The number of halogens is 2. The molecular weight excluding hydrogens is 580 g/mol. The summed E-state index contributed by atoms with van der Waals surface area (Å²) in [5, 5.41) is 0.862. The van der Waals surface area contributed by atoms with E-state index in [1.54, 1.807) is 49.9 Å². The fourth-order valence-corrected chi connectivity index (χ4v) is 5.89. The van der Waals surface area contributed by atoms with Gasteiger partial charge in [-0.3, -0.25) is 0 Å². The van der Waals surface area contributed by atoms with Crippen molar-refractivity contribution in [1.82, 2.24) is 19.4 Å². The van der Waals surface area contributed by atoms with E-state index in [2.05, 4.69) is 9.97 Å². The number of pyridine rings is 1. The van der Waals surface area contributed by atoms with Crippen molar-refractivity contribution >= 4 is 33.9 Å². The fraction of sp³-hybridized carbons (Fsp3) is 0.353. The molecule has 1 fully saturated rings. The third-order valence-corrected chi connectivity index (χ3v) is 7.96. The second kappa shape index (κ2) is 11.3. The van der Waals surface area contributed by atoms with Gasteiger partial charge in [0, 0.05) is 31.1 Å². The number of ether oxygens (including phenoxy) is 1. The Kier molecular flexibility index (Phi) is 7.58. The molecule has 9 nitrogen and oxygen atoms in total. The van der Waals surface area contributed by atoms with E-state index in [9.17, 15) is 9.59 Å². The summed E-state index contributed by atoms with van der Waals surface area (Å²) in [6.45, 7) is 12.3. The molecule has 1 saturated heterocycles. The summed E-state index contributed by atoms with van der Waals surface area (Å²) in [7, 11) is 0. The number of hydrogen-bond donors (Lipinski definition) is 0. The Morgan fingerprint density at radius 1 is 1.04 bits per heavy atom. The molecule has 0 radical (unpaired) electrons. The molecule has 2 aromatic carbocycles. The first-order valence-corrected chi connectivity index (χ1v) is 15.0. The molecule has 0 bridgehead atoms. The van der Waals surface area contributed by atoms with E-state index in [-0.39, 0.29) is 45.7 Å². The van der Waals surface area contributed by atoms with Crippen LogP contribution in [0.1, 0.15) is 53.0 Å². The predicted molar refractivity (Wildman–Crippen MR) is 169 cm³/mol. The first-order chi connectivity index (χ1) is 21.3. The highest BCUT2D eigenvalue weighted by molar-refractivity contribution is 5.95. The number of para-hydroxylation sites is 1. The smallest absolute Gasteiger partial charge is 0.410 e. The predicted octanol–water partition coefficient (Wildman–Crippen LogP) is 7.04. The zero-order valence-corrected chi connectivity index (χ0v) is 26.1. The third-order valence-electron chi connectivity index (χ3n) is 7.96. The molecule has 4 heterocycles. The van der Waals surface area contributed by atoms with Gasteiger partial charge in [0.1, 0.15) is 28.5 Å². The van der Waals surface area contributed by atoms with Gasteiger partial charge in [-0.2, -0.15) is 4.98 Å². The van der Waals surface area contributed by atoms with Gasteiger partial charge >= 0.3 is 11.8 Å². The average molecular weight is 616 g/mol. The Hall–Kier alpha value is -4.80. The number of benzene rings is 2. The zero-order valence-electron chi connectivity index (χ0n) is 26.1. The van der Waals surface area contributed by atoms with Crippen LogP contribution in [0.4, 0.5) is 19.4 Å². The molecule has 0 aliphatic carbocycles. The van der Waals surface area contributed by atoms with Crippen LogP contribution in [0.3, 0.4) is 0 Å². The number of carbonyl (C=O) groups excluding carboxylic acids is 1. The summed E-state index contributed by atoms with van der Waals surface area (Å²) in [5.41, 5.74) is 0.00725. The van der Waals surface area contributed by atoms with Gasteiger partial charge in [-0.05, 0) is 69.5 Å². The van der Waals surface area contributed by atoms with Crippen molar-refractivity contribution in [2.75, 3.05) is 24.5 Å². The summed E-state index contributed by atoms with van der Waals surface area (Å²) in [4.78, 5) is 39.4. The highest BCUT2D eigenvalue weighted by Crippen LogP contribution is 2.36. The van der Waals surface area contributed by atoms with E-state index in [4.69, 9.17) is 9.15 Å². The molecule has 0 N–H and O–H groups in total. The molecule has 45 heavy (non-hydrogen) atoms. The van der Waals surface area contributed by atoms with Gasteiger partial charge in [0.15, 0.2) is 11.5 Å². The maximum absolute atomic E-state index is 16.2. The topological polar surface area (TPSA) is 93.7 Å². The maximum atomic E-state index is 16.2. The maximum Gasteiger partial charge on any atom is 0.410 e. The van der Waals surface area contributed by atoms with Gasteiger partial charge in [-0.1, -0.05) is 32.0 Å². The van der Waals surface area contributed by atoms with Gasteiger partial charge in [-0.15, -0.1) is 0 Å². The lowest BCUT2D eigenvalue weighted by atomic mass is 10.0. The Morgan fingerprint density at radius 2 is 1.80 bits per heavy atom. The van der Waals surface area contributed by atoms with Crippen LogP contribution in [0.15, 0.2) is 64.0 Å². The molecule has 0 saturated carbocycles. The number of hydrogen-bond acceptors (Lipinski definition) is 7. The van der Waals surface area contributed by atoms with Crippen LogP contribution < -0.4 is 10.6 Å².